The second kappa shape index (κ2) is 10.0. The van der Waals surface area contributed by atoms with Crippen LogP contribution >= 0.6 is 23.5 Å². The van der Waals surface area contributed by atoms with Crippen molar-refractivity contribution in [3.8, 4) is 5.75 Å². The van der Waals surface area contributed by atoms with Crippen molar-refractivity contribution in [3.05, 3.63) is 95.9 Å². The molecule has 0 aliphatic heterocycles. The first-order valence-corrected chi connectivity index (χ1v) is 10.3. The van der Waals surface area contributed by atoms with Crippen LogP contribution in [-0.2, 0) is 0 Å². The molecule has 3 aromatic rings. The molecule has 0 unspecified atom stereocenters. The van der Waals surface area contributed by atoms with E-state index in [4.69, 9.17) is 9.73 Å². The largest absolute Gasteiger partial charge is 0.497 e. The predicted octanol–water partition coefficient (Wildman–Crippen LogP) is 7.21. The second-order valence-electron chi connectivity index (χ2n) is 5.76. The van der Waals surface area contributed by atoms with Gasteiger partial charge in [0.15, 0.2) is 0 Å². The van der Waals surface area contributed by atoms with Crippen LogP contribution in [0.4, 0.5) is 5.69 Å². The molecule has 136 valence electrons. The molecule has 0 fully saturated rings. The van der Waals surface area contributed by atoms with E-state index in [0.717, 1.165) is 22.1 Å². The molecule has 0 aliphatic rings. The Bertz CT molecular complexity index is 904. The average molecular weight is 392 g/mol. The van der Waals surface area contributed by atoms with Crippen molar-refractivity contribution in [1.82, 2.24) is 0 Å². The molecule has 3 rings (SSSR count). The minimum absolute atomic E-state index is 0.832. The molecule has 0 amide bonds. The molecule has 0 saturated heterocycles. The number of hydrogen-bond acceptors (Lipinski definition) is 4. The Balaban J connectivity index is 1.87. The molecule has 4 heteroatoms. The lowest BCUT2D eigenvalue weighted by Gasteiger charge is -2.08. The molecule has 0 heterocycles. The van der Waals surface area contributed by atoms with Crippen LogP contribution in [0.15, 0.2) is 111 Å². The number of rotatable bonds is 6. The van der Waals surface area contributed by atoms with Crippen LogP contribution in [0.2, 0.25) is 0 Å². The summed E-state index contributed by atoms with van der Waals surface area (Å²) in [6.07, 6.45) is 0. The van der Waals surface area contributed by atoms with Crippen molar-refractivity contribution in [2.45, 2.75) is 16.7 Å². The van der Waals surface area contributed by atoms with Crippen LogP contribution in [0.5, 0.6) is 5.75 Å². The molecule has 3 aromatic carbocycles. The summed E-state index contributed by atoms with van der Waals surface area (Å²) in [5.74, 6) is 0.832. The van der Waals surface area contributed by atoms with Crippen molar-refractivity contribution in [2.75, 3.05) is 7.11 Å². The number of hydrogen-bond donors (Lipinski definition) is 0. The first-order chi connectivity index (χ1) is 13.2. The molecule has 0 N–H and O–H groups in total. The number of nitrogens with zero attached hydrogens (tertiary/aromatic N) is 1. The second-order valence-corrected chi connectivity index (χ2v) is 7.77. The highest BCUT2D eigenvalue weighted by Gasteiger charge is 2.07. The Morgan fingerprint density at radius 2 is 1.41 bits per heavy atom. The van der Waals surface area contributed by atoms with Crippen molar-refractivity contribution < 1.29 is 4.74 Å². The van der Waals surface area contributed by atoms with Gasteiger partial charge in [0.05, 0.1) is 12.8 Å². The van der Waals surface area contributed by atoms with E-state index in [1.807, 2.05) is 48.5 Å². The standard InChI is InChI=1S/C23H21NOS2/c1-18(17-26-21-9-5-3-6-10-21)23(27-22-11-7-4-8-12-22)24-19-13-15-20(25-2)16-14-19/h3-17H,1-2H3. The van der Waals surface area contributed by atoms with E-state index in [2.05, 4.69) is 48.7 Å². The maximum atomic E-state index is 5.24. The van der Waals surface area contributed by atoms with E-state index in [1.54, 1.807) is 30.6 Å². The van der Waals surface area contributed by atoms with Gasteiger partial charge in [-0.3, -0.25) is 0 Å². The Morgan fingerprint density at radius 3 is 2.00 bits per heavy atom. The summed E-state index contributed by atoms with van der Waals surface area (Å²) in [4.78, 5) is 7.27. The molecular formula is C23H21NOS2. The summed E-state index contributed by atoms with van der Waals surface area (Å²) in [5, 5.41) is 3.14. The van der Waals surface area contributed by atoms with Crippen molar-refractivity contribution in [3.63, 3.8) is 0 Å². The van der Waals surface area contributed by atoms with Gasteiger partial charge in [-0.05, 0) is 66.4 Å². The lowest BCUT2D eigenvalue weighted by molar-refractivity contribution is 0.415. The molecule has 0 spiro atoms. The summed E-state index contributed by atoms with van der Waals surface area (Å²) in [6.45, 7) is 2.11. The Hall–Kier alpha value is -2.43. The van der Waals surface area contributed by atoms with Crippen molar-refractivity contribution in [2.24, 2.45) is 4.99 Å². The van der Waals surface area contributed by atoms with Gasteiger partial charge in [0, 0.05) is 9.79 Å². The van der Waals surface area contributed by atoms with E-state index < -0.39 is 0 Å². The fourth-order valence-corrected chi connectivity index (χ4v) is 3.97. The fourth-order valence-electron chi connectivity index (χ4n) is 2.27. The molecule has 0 atom stereocenters. The van der Waals surface area contributed by atoms with Gasteiger partial charge >= 0.3 is 0 Å². The smallest absolute Gasteiger partial charge is 0.119 e. The number of methoxy groups -OCH3 is 1. The van der Waals surface area contributed by atoms with Gasteiger partial charge in [0.2, 0.25) is 0 Å². The highest BCUT2D eigenvalue weighted by molar-refractivity contribution is 8.14. The highest BCUT2D eigenvalue weighted by Crippen LogP contribution is 2.29. The molecule has 0 radical (unpaired) electrons. The monoisotopic (exact) mass is 391 g/mol. The third-order valence-electron chi connectivity index (χ3n) is 3.71. The first-order valence-electron chi connectivity index (χ1n) is 8.59. The van der Waals surface area contributed by atoms with Gasteiger partial charge in [-0.15, -0.1) is 0 Å². The molecule has 0 aromatic heterocycles. The fraction of sp³-hybridized carbons (Fsp3) is 0.0870. The zero-order chi connectivity index (χ0) is 18.9. The SMILES string of the molecule is COc1ccc(N=C(Sc2ccccc2)C(C)=CSc2ccccc2)cc1. The van der Waals surface area contributed by atoms with Crippen LogP contribution in [0, 0.1) is 0 Å². The van der Waals surface area contributed by atoms with Crippen molar-refractivity contribution in [1.29, 1.82) is 0 Å². The number of thioether (sulfide) groups is 2. The molecule has 0 saturated carbocycles. The highest BCUT2D eigenvalue weighted by atomic mass is 32.2. The number of ether oxygens (including phenoxy) is 1. The molecule has 2 nitrogen and oxygen atoms in total. The Labute approximate surface area is 169 Å². The van der Waals surface area contributed by atoms with E-state index in [0.29, 0.717) is 0 Å². The summed E-state index contributed by atoms with van der Waals surface area (Å²) < 4.78 is 5.24. The third kappa shape index (κ3) is 6.05. The summed E-state index contributed by atoms with van der Waals surface area (Å²) in [6, 6.07) is 28.5. The summed E-state index contributed by atoms with van der Waals surface area (Å²) in [7, 11) is 1.67. The predicted molar refractivity (Wildman–Crippen MR) is 118 cm³/mol. The van der Waals surface area contributed by atoms with Crippen molar-refractivity contribution >= 4 is 34.3 Å². The van der Waals surface area contributed by atoms with E-state index >= 15 is 0 Å². The van der Waals surface area contributed by atoms with E-state index in [1.165, 1.54) is 9.79 Å². The summed E-state index contributed by atoms with van der Waals surface area (Å²) >= 11 is 3.38. The van der Waals surface area contributed by atoms with Gasteiger partial charge in [-0.1, -0.05) is 59.9 Å². The van der Waals surface area contributed by atoms with Crippen LogP contribution in [0.1, 0.15) is 6.92 Å². The van der Waals surface area contributed by atoms with E-state index in [-0.39, 0.29) is 0 Å². The minimum atomic E-state index is 0.832. The normalized spacial score (nSPS) is 12.1. The maximum absolute atomic E-state index is 5.24. The maximum Gasteiger partial charge on any atom is 0.119 e. The average Bonchev–Trinajstić information content (AvgIpc) is 2.73. The van der Waals surface area contributed by atoms with Gasteiger partial charge < -0.3 is 4.74 Å². The lowest BCUT2D eigenvalue weighted by Crippen LogP contribution is -1.94. The van der Waals surface area contributed by atoms with Gasteiger partial charge in [-0.25, -0.2) is 4.99 Å². The van der Waals surface area contributed by atoms with E-state index in [9.17, 15) is 0 Å². The third-order valence-corrected chi connectivity index (χ3v) is 5.84. The van der Waals surface area contributed by atoms with Crippen LogP contribution in [0.3, 0.4) is 0 Å². The Kier molecular flexibility index (Phi) is 7.19. The molecule has 27 heavy (non-hydrogen) atoms. The van der Waals surface area contributed by atoms with Crippen LogP contribution in [-0.4, -0.2) is 12.2 Å². The quantitative estimate of drug-likeness (QED) is 0.252. The molecule has 0 aliphatic carbocycles. The lowest BCUT2D eigenvalue weighted by atomic mass is 10.3. The van der Waals surface area contributed by atoms with Gasteiger partial charge in [0.1, 0.15) is 10.8 Å². The first kappa shape index (κ1) is 19.3. The van der Waals surface area contributed by atoms with Crippen LogP contribution < -0.4 is 4.74 Å². The topological polar surface area (TPSA) is 21.6 Å². The van der Waals surface area contributed by atoms with Gasteiger partial charge in [-0.2, -0.15) is 0 Å². The molecular weight excluding hydrogens is 370 g/mol. The van der Waals surface area contributed by atoms with Crippen LogP contribution in [0.25, 0.3) is 0 Å². The minimum Gasteiger partial charge on any atom is -0.497 e. The summed E-state index contributed by atoms with van der Waals surface area (Å²) in [5.41, 5.74) is 2.04. The molecule has 0 bridgehead atoms. The van der Waals surface area contributed by atoms with Gasteiger partial charge in [0.25, 0.3) is 0 Å². The number of aliphatic imine (C=N–C) groups is 1. The zero-order valence-corrected chi connectivity index (χ0v) is 17.0. The Morgan fingerprint density at radius 1 is 0.815 bits per heavy atom. The zero-order valence-electron chi connectivity index (χ0n) is 15.3. The number of benzene rings is 3.